The molecule has 1 aliphatic carbocycles. The van der Waals surface area contributed by atoms with E-state index < -0.39 is 0 Å². The number of allylic oxidation sites excluding steroid dienone is 1. The number of rotatable bonds is 5. The summed E-state index contributed by atoms with van der Waals surface area (Å²) >= 11 is 21.5. The molecule has 0 radical (unpaired) electrons. The fraction of sp³-hybridized carbons (Fsp3) is 0.152. The van der Waals surface area contributed by atoms with Gasteiger partial charge < -0.3 is 14.0 Å². The number of ether oxygens (including phenoxy) is 2. The number of halogens is 5. The Morgan fingerprint density at radius 1 is 0.800 bits per heavy atom. The maximum Gasteiger partial charge on any atom is 0.251 e. The Morgan fingerprint density at radius 2 is 1.42 bits per heavy atom. The van der Waals surface area contributed by atoms with Crippen molar-refractivity contribution < 1.29 is 14.3 Å². The van der Waals surface area contributed by atoms with Crippen LogP contribution in [0.15, 0.2) is 92.9 Å². The van der Waals surface area contributed by atoms with E-state index in [2.05, 4.69) is 57.8 Å². The summed E-state index contributed by atoms with van der Waals surface area (Å²) in [5.41, 5.74) is 4.88. The largest absolute Gasteiger partial charge is 0.496 e. The molecule has 5 aromatic rings. The van der Waals surface area contributed by atoms with Crippen molar-refractivity contribution in [3.8, 4) is 11.5 Å². The molecular weight excluding hydrogens is 813 g/mol. The molecule has 0 amide bonds. The molecule has 0 unspecified atom stereocenters. The van der Waals surface area contributed by atoms with Gasteiger partial charge in [0.2, 0.25) is 0 Å². The van der Waals surface area contributed by atoms with Gasteiger partial charge in [0.1, 0.15) is 21.8 Å². The van der Waals surface area contributed by atoms with Crippen molar-refractivity contribution in [2.24, 2.45) is 0 Å². The molecule has 7 nitrogen and oxygen atoms in total. The average Bonchev–Trinajstić information content (AvgIpc) is 3.04. The van der Waals surface area contributed by atoms with Gasteiger partial charge >= 0.3 is 0 Å². The molecule has 232 valence electrons. The molecule has 0 bridgehead atoms. The van der Waals surface area contributed by atoms with Crippen molar-refractivity contribution in [1.29, 1.82) is 0 Å². The third-order valence-corrected chi connectivity index (χ3v) is 8.90. The van der Waals surface area contributed by atoms with Gasteiger partial charge in [-0.25, -0.2) is 9.97 Å². The molecule has 0 aliphatic heterocycles. The van der Waals surface area contributed by atoms with Crippen molar-refractivity contribution in [1.82, 2.24) is 14.5 Å². The van der Waals surface area contributed by atoms with Crippen molar-refractivity contribution in [2.45, 2.75) is 18.3 Å². The highest BCUT2D eigenvalue weighted by molar-refractivity contribution is 9.11. The first-order valence-electron chi connectivity index (χ1n) is 13.3. The molecular formula is C33H26Br3Cl2N3O4. The van der Waals surface area contributed by atoms with Gasteiger partial charge in [0.15, 0.2) is 5.78 Å². The fourth-order valence-electron chi connectivity index (χ4n) is 4.29. The van der Waals surface area contributed by atoms with E-state index in [1.807, 2.05) is 42.5 Å². The van der Waals surface area contributed by atoms with Gasteiger partial charge in [0, 0.05) is 36.3 Å². The van der Waals surface area contributed by atoms with Gasteiger partial charge in [-0.1, -0.05) is 57.3 Å². The number of methoxy groups -OCH3 is 2. The van der Waals surface area contributed by atoms with Crippen LogP contribution in [0.25, 0.3) is 17.0 Å². The van der Waals surface area contributed by atoms with Crippen LogP contribution in [0.2, 0.25) is 10.3 Å². The lowest BCUT2D eigenvalue weighted by Gasteiger charge is -2.12. The zero-order valence-corrected chi connectivity index (χ0v) is 30.3. The second kappa shape index (κ2) is 16.5. The SMILES string of the molecule is COc1cc2c(cc1Br)C=CC(=O)C2.COc1cc2c(ccc(=O)n2Cc2ccc(Cl)nc2)cc1Br.Clc1ccc(CBr)cn1. The zero-order chi connectivity index (χ0) is 32.5. The second-order valence-corrected chi connectivity index (χ2v) is 12.6. The summed E-state index contributed by atoms with van der Waals surface area (Å²) in [6, 6.07) is 18.3. The summed E-state index contributed by atoms with van der Waals surface area (Å²) in [4.78, 5) is 31.4. The first-order chi connectivity index (χ1) is 21.6. The third kappa shape index (κ3) is 9.50. The van der Waals surface area contributed by atoms with Gasteiger partial charge in [-0.15, -0.1) is 0 Å². The summed E-state index contributed by atoms with van der Waals surface area (Å²) in [7, 11) is 3.22. The standard InChI is InChI=1S/C16H12BrClN2O2.C11H9BrO2.C6H5BrClN/c1-22-14-7-13-11(6-12(14)17)3-5-16(21)20(13)9-10-2-4-15(18)19-8-10;1-14-11-6-8-4-9(13)3-2-7(8)5-10(11)12;7-3-5-1-2-6(8)9-4-5/h2-8H,9H2,1H3;2-3,5-6H,4H2,1H3;1-2,4H,3H2. The summed E-state index contributed by atoms with van der Waals surface area (Å²) in [5, 5.41) is 2.76. The van der Waals surface area contributed by atoms with Crippen molar-refractivity contribution in [2.75, 3.05) is 14.2 Å². The van der Waals surface area contributed by atoms with E-state index in [0.717, 1.165) is 53.2 Å². The van der Waals surface area contributed by atoms with Crippen LogP contribution in [0.5, 0.6) is 11.5 Å². The molecule has 0 fully saturated rings. The predicted molar refractivity (Wildman–Crippen MR) is 191 cm³/mol. The second-order valence-electron chi connectivity index (χ2n) is 9.58. The summed E-state index contributed by atoms with van der Waals surface area (Å²) < 4.78 is 13.9. The van der Waals surface area contributed by atoms with Crippen LogP contribution in [0, 0.1) is 0 Å². The Bertz CT molecular complexity index is 1900. The number of carbonyl (C=O) groups is 1. The fourth-order valence-corrected chi connectivity index (χ4v) is 5.89. The molecule has 0 atom stereocenters. The van der Waals surface area contributed by atoms with Gasteiger partial charge in [-0.3, -0.25) is 9.59 Å². The van der Waals surface area contributed by atoms with Gasteiger partial charge in [0.25, 0.3) is 5.56 Å². The van der Waals surface area contributed by atoms with Gasteiger partial charge in [-0.05, 0) is 102 Å². The lowest BCUT2D eigenvalue weighted by atomic mass is 9.96. The quantitative estimate of drug-likeness (QED) is 0.130. The van der Waals surface area contributed by atoms with Crippen LogP contribution >= 0.6 is 71.0 Å². The Labute approximate surface area is 295 Å². The van der Waals surface area contributed by atoms with Crippen molar-refractivity contribution >= 4 is 93.8 Å². The molecule has 3 aromatic heterocycles. The van der Waals surface area contributed by atoms with E-state index in [-0.39, 0.29) is 11.3 Å². The number of fused-ring (bicyclic) bond motifs is 2. The van der Waals surface area contributed by atoms with E-state index in [0.29, 0.717) is 29.0 Å². The maximum absolute atomic E-state index is 12.3. The molecule has 2 aromatic carbocycles. The zero-order valence-electron chi connectivity index (χ0n) is 24.1. The Hall–Kier alpha value is -3.02. The minimum absolute atomic E-state index is 0.0770. The molecule has 12 heteroatoms. The minimum atomic E-state index is -0.0770. The van der Waals surface area contributed by atoms with Crippen molar-refractivity contribution in [3.63, 3.8) is 0 Å². The first-order valence-corrected chi connectivity index (χ1v) is 16.8. The summed E-state index contributed by atoms with van der Waals surface area (Å²) in [5.74, 6) is 1.59. The highest BCUT2D eigenvalue weighted by Crippen LogP contribution is 2.31. The molecule has 0 saturated carbocycles. The summed E-state index contributed by atoms with van der Waals surface area (Å²) in [6.07, 6.45) is 7.34. The Morgan fingerprint density at radius 3 is 2.02 bits per heavy atom. The van der Waals surface area contributed by atoms with Crippen LogP contribution in [0.4, 0.5) is 0 Å². The number of hydrogen-bond acceptors (Lipinski definition) is 6. The van der Waals surface area contributed by atoms with Crippen LogP contribution in [-0.2, 0) is 23.1 Å². The molecule has 3 heterocycles. The number of alkyl halides is 1. The molecule has 1 aliphatic rings. The van der Waals surface area contributed by atoms with Crippen LogP contribution in [0.3, 0.4) is 0 Å². The smallest absolute Gasteiger partial charge is 0.251 e. The van der Waals surface area contributed by atoms with E-state index in [4.69, 9.17) is 32.7 Å². The van der Waals surface area contributed by atoms with Crippen molar-refractivity contribution in [3.05, 3.63) is 131 Å². The van der Waals surface area contributed by atoms with E-state index in [1.165, 1.54) is 0 Å². The highest BCUT2D eigenvalue weighted by atomic mass is 79.9. The maximum atomic E-state index is 12.3. The normalized spacial score (nSPS) is 11.6. The molecule has 0 spiro atoms. The number of aromatic nitrogens is 3. The van der Waals surface area contributed by atoms with E-state index >= 15 is 0 Å². The lowest BCUT2D eigenvalue weighted by Crippen LogP contribution is -2.20. The van der Waals surface area contributed by atoms with E-state index in [9.17, 15) is 9.59 Å². The van der Waals surface area contributed by atoms with Crippen LogP contribution in [-0.4, -0.2) is 34.5 Å². The predicted octanol–water partition coefficient (Wildman–Crippen LogP) is 9.10. The first kappa shape index (κ1) is 34.8. The molecule has 0 saturated heterocycles. The highest BCUT2D eigenvalue weighted by Gasteiger charge is 2.13. The van der Waals surface area contributed by atoms with E-state index in [1.54, 1.807) is 61.5 Å². The third-order valence-electron chi connectivity index (χ3n) is 6.56. The number of pyridine rings is 3. The number of carbonyl (C=O) groups excluding carboxylic acids is 1. The number of nitrogens with zero attached hydrogens (tertiary/aromatic N) is 3. The van der Waals surface area contributed by atoms with Crippen LogP contribution < -0.4 is 15.0 Å². The van der Waals surface area contributed by atoms with Crippen LogP contribution in [0.1, 0.15) is 22.3 Å². The Kier molecular flexibility index (Phi) is 12.8. The average molecular weight is 839 g/mol. The lowest BCUT2D eigenvalue weighted by molar-refractivity contribution is -0.114. The number of ketones is 1. The number of benzene rings is 2. The molecule has 45 heavy (non-hydrogen) atoms. The molecule has 0 N–H and O–H groups in total. The Balaban J connectivity index is 0.000000171. The number of hydrogen-bond donors (Lipinski definition) is 0. The topological polar surface area (TPSA) is 83.3 Å². The summed E-state index contributed by atoms with van der Waals surface area (Å²) in [6.45, 7) is 0.422. The van der Waals surface area contributed by atoms with Gasteiger partial charge in [0.05, 0.1) is 35.2 Å². The molecule has 6 rings (SSSR count). The minimum Gasteiger partial charge on any atom is -0.496 e. The van der Waals surface area contributed by atoms with Gasteiger partial charge in [-0.2, -0.15) is 0 Å². The monoisotopic (exact) mass is 835 g/mol.